The molecule has 0 spiro atoms. The number of aromatic nitrogens is 6. The molecule has 0 amide bonds. The molecule has 1 aromatic carbocycles. The van der Waals surface area contributed by atoms with Crippen LogP contribution < -0.4 is 4.90 Å². The lowest BCUT2D eigenvalue weighted by molar-refractivity contribution is -0.137. The predicted molar refractivity (Wildman–Crippen MR) is 115 cm³/mol. The molecule has 3 heterocycles. The van der Waals surface area contributed by atoms with Crippen molar-refractivity contribution in [2.45, 2.75) is 46.1 Å². The molecule has 0 radical (unpaired) electrons. The van der Waals surface area contributed by atoms with Gasteiger partial charge in [-0.1, -0.05) is 12.0 Å². The SMILES string of the molecule is CCc1cc2cc(CN(Cc3cc(F)cc(C(F)(F)F)c3)c3nnn(C)n3)cnc2n1CC. The lowest BCUT2D eigenvalue weighted by Crippen LogP contribution is -2.24. The Hall–Kier alpha value is -3.50. The second kappa shape index (κ2) is 8.80. The number of hydrogen-bond donors (Lipinski definition) is 0. The van der Waals surface area contributed by atoms with Gasteiger partial charge in [-0.05, 0) is 60.0 Å². The van der Waals surface area contributed by atoms with E-state index in [0.717, 1.165) is 41.7 Å². The van der Waals surface area contributed by atoms with Crippen molar-refractivity contribution < 1.29 is 17.6 Å². The van der Waals surface area contributed by atoms with Gasteiger partial charge in [-0.15, -0.1) is 5.10 Å². The lowest BCUT2D eigenvalue weighted by Gasteiger charge is -2.21. The van der Waals surface area contributed by atoms with Crippen molar-refractivity contribution in [3.8, 4) is 0 Å². The minimum atomic E-state index is -4.65. The zero-order chi connectivity index (χ0) is 23.8. The average molecular weight is 461 g/mol. The first kappa shape index (κ1) is 22.7. The van der Waals surface area contributed by atoms with Gasteiger partial charge in [0.15, 0.2) is 0 Å². The topological polar surface area (TPSA) is 64.7 Å². The molecule has 0 fully saturated rings. The molecule has 4 rings (SSSR count). The molecule has 11 heteroatoms. The van der Waals surface area contributed by atoms with E-state index in [0.29, 0.717) is 6.07 Å². The van der Waals surface area contributed by atoms with E-state index in [1.54, 1.807) is 18.1 Å². The fraction of sp³-hybridized carbons (Fsp3) is 0.364. The number of nitrogens with zero attached hydrogens (tertiary/aromatic N) is 7. The summed E-state index contributed by atoms with van der Waals surface area (Å²) in [6, 6.07) is 6.57. The van der Waals surface area contributed by atoms with E-state index in [4.69, 9.17) is 0 Å². The molecule has 0 bridgehead atoms. The molecule has 0 saturated carbocycles. The maximum atomic E-state index is 13.9. The van der Waals surface area contributed by atoms with Gasteiger partial charge >= 0.3 is 6.18 Å². The van der Waals surface area contributed by atoms with Crippen molar-refractivity contribution in [2.75, 3.05) is 4.90 Å². The zero-order valence-electron chi connectivity index (χ0n) is 18.4. The van der Waals surface area contributed by atoms with Gasteiger partial charge in [-0.2, -0.15) is 18.0 Å². The van der Waals surface area contributed by atoms with E-state index < -0.39 is 17.6 Å². The predicted octanol–water partition coefficient (Wildman–Crippen LogP) is 4.51. The Labute approximate surface area is 187 Å². The van der Waals surface area contributed by atoms with Gasteiger partial charge in [0.1, 0.15) is 11.5 Å². The molecule has 0 aliphatic heterocycles. The normalized spacial score (nSPS) is 12.0. The molecule has 0 saturated heterocycles. The number of halogens is 4. The van der Waals surface area contributed by atoms with Crippen molar-refractivity contribution in [3.63, 3.8) is 0 Å². The quantitative estimate of drug-likeness (QED) is 0.379. The van der Waals surface area contributed by atoms with Crippen LogP contribution in [-0.2, 0) is 39.3 Å². The second-order valence-electron chi connectivity index (χ2n) is 7.77. The number of benzene rings is 1. The van der Waals surface area contributed by atoms with Crippen LogP contribution in [0, 0.1) is 5.82 Å². The summed E-state index contributed by atoms with van der Waals surface area (Å²) in [5.74, 6) is -0.737. The van der Waals surface area contributed by atoms with Crippen LogP contribution in [0.4, 0.5) is 23.5 Å². The van der Waals surface area contributed by atoms with Crippen LogP contribution in [0.2, 0.25) is 0 Å². The minimum Gasteiger partial charge on any atom is -0.330 e. The summed E-state index contributed by atoms with van der Waals surface area (Å²) < 4.78 is 55.6. The van der Waals surface area contributed by atoms with Gasteiger partial charge in [-0.25, -0.2) is 9.37 Å². The number of hydrogen-bond acceptors (Lipinski definition) is 5. The highest BCUT2D eigenvalue weighted by Crippen LogP contribution is 2.31. The Morgan fingerprint density at radius 3 is 2.39 bits per heavy atom. The molecule has 0 atom stereocenters. The van der Waals surface area contributed by atoms with E-state index in [2.05, 4.69) is 44.9 Å². The maximum absolute atomic E-state index is 13.9. The fourth-order valence-electron chi connectivity index (χ4n) is 3.92. The number of alkyl halides is 3. The molecule has 0 N–H and O–H groups in total. The van der Waals surface area contributed by atoms with Gasteiger partial charge in [0.25, 0.3) is 5.95 Å². The highest BCUT2D eigenvalue weighted by Gasteiger charge is 2.31. The summed E-state index contributed by atoms with van der Waals surface area (Å²) in [6.07, 6.45) is -2.05. The highest BCUT2D eigenvalue weighted by atomic mass is 19.4. The van der Waals surface area contributed by atoms with E-state index >= 15 is 0 Å². The number of anilines is 1. The van der Waals surface area contributed by atoms with Crippen LogP contribution in [0.15, 0.2) is 36.5 Å². The second-order valence-corrected chi connectivity index (χ2v) is 7.77. The Balaban J connectivity index is 1.68. The number of pyridine rings is 1. The molecule has 0 aliphatic rings. The molecule has 3 aromatic heterocycles. The van der Waals surface area contributed by atoms with Crippen LogP contribution in [0.1, 0.15) is 36.2 Å². The summed E-state index contributed by atoms with van der Waals surface area (Å²) in [7, 11) is 1.59. The van der Waals surface area contributed by atoms with Gasteiger partial charge in [-0.3, -0.25) is 0 Å². The van der Waals surface area contributed by atoms with Crippen LogP contribution in [0.5, 0.6) is 0 Å². The Bertz CT molecular complexity index is 1280. The Kier molecular flexibility index (Phi) is 6.05. The minimum absolute atomic E-state index is 0.0409. The summed E-state index contributed by atoms with van der Waals surface area (Å²) in [6.45, 7) is 5.16. The third-order valence-corrected chi connectivity index (χ3v) is 5.37. The van der Waals surface area contributed by atoms with Gasteiger partial charge in [0.05, 0.1) is 12.6 Å². The number of aryl methyl sites for hydroxylation is 3. The molecule has 0 unspecified atom stereocenters. The molecular formula is C22H23F4N7. The van der Waals surface area contributed by atoms with Gasteiger partial charge in [0, 0.05) is 36.9 Å². The molecular weight excluding hydrogens is 438 g/mol. The van der Waals surface area contributed by atoms with Crippen LogP contribution >= 0.6 is 0 Å². The first-order chi connectivity index (χ1) is 15.7. The summed E-state index contributed by atoms with van der Waals surface area (Å²) >= 11 is 0. The summed E-state index contributed by atoms with van der Waals surface area (Å²) in [5.41, 5.74) is 1.97. The largest absolute Gasteiger partial charge is 0.416 e. The van der Waals surface area contributed by atoms with E-state index in [1.165, 1.54) is 10.5 Å². The van der Waals surface area contributed by atoms with Crippen molar-refractivity contribution in [2.24, 2.45) is 7.05 Å². The van der Waals surface area contributed by atoms with Crippen LogP contribution in [0.3, 0.4) is 0 Å². The maximum Gasteiger partial charge on any atom is 0.416 e. The van der Waals surface area contributed by atoms with E-state index in [-0.39, 0.29) is 24.6 Å². The van der Waals surface area contributed by atoms with Crippen molar-refractivity contribution in [1.82, 2.24) is 29.8 Å². The third kappa shape index (κ3) is 4.81. The molecule has 33 heavy (non-hydrogen) atoms. The first-order valence-electron chi connectivity index (χ1n) is 10.5. The van der Waals surface area contributed by atoms with Crippen LogP contribution in [-0.4, -0.2) is 29.8 Å². The Morgan fingerprint density at radius 2 is 1.76 bits per heavy atom. The van der Waals surface area contributed by atoms with Crippen molar-refractivity contribution in [1.29, 1.82) is 0 Å². The summed E-state index contributed by atoms with van der Waals surface area (Å²) in [5, 5.41) is 13.0. The van der Waals surface area contributed by atoms with Gasteiger partial charge in [0.2, 0.25) is 0 Å². The number of fused-ring (bicyclic) bond motifs is 1. The average Bonchev–Trinajstić information content (AvgIpc) is 3.34. The van der Waals surface area contributed by atoms with Crippen molar-refractivity contribution >= 4 is 17.0 Å². The summed E-state index contributed by atoms with van der Waals surface area (Å²) in [4.78, 5) is 7.50. The Morgan fingerprint density at radius 1 is 1.00 bits per heavy atom. The zero-order valence-corrected chi connectivity index (χ0v) is 18.4. The molecule has 7 nitrogen and oxygen atoms in total. The fourth-order valence-corrected chi connectivity index (χ4v) is 3.92. The molecule has 0 aliphatic carbocycles. The monoisotopic (exact) mass is 461 g/mol. The van der Waals surface area contributed by atoms with E-state index in [1.807, 2.05) is 6.07 Å². The van der Waals surface area contributed by atoms with E-state index in [9.17, 15) is 17.6 Å². The van der Waals surface area contributed by atoms with Gasteiger partial charge < -0.3 is 9.47 Å². The number of rotatable bonds is 7. The molecule has 4 aromatic rings. The number of tetrazole rings is 1. The standard InChI is InChI=1S/C22H23F4N7/c1-4-19-9-16-6-15(11-27-20(16)33(19)5-2)13-32(21-28-30-31(3)29-21)12-14-7-17(22(24,25)26)10-18(23)8-14/h6-11H,4-5,12-13H2,1-3H3. The highest BCUT2D eigenvalue weighted by molar-refractivity contribution is 5.78. The third-order valence-electron chi connectivity index (χ3n) is 5.37. The van der Waals surface area contributed by atoms with Crippen molar-refractivity contribution in [3.05, 3.63) is 64.7 Å². The van der Waals surface area contributed by atoms with Crippen LogP contribution in [0.25, 0.3) is 11.0 Å². The molecule has 174 valence electrons. The smallest absolute Gasteiger partial charge is 0.330 e. The lowest BCUT2D eigenvalue weighted by atomic mass is 10.1. The first-order valence-corrected chi connectivity index (χ1v) is 10.5.